The molecule has 218 valence electrons. The van der Waals surface area contributed by atoms with Gasteiger partial charge >= 0.3 is 5.97 Å². The number of hydrogen-bond donors (Lipinski definition) is 3. The maximum absolute atomic E-state index is 12.2. The summed E-state index contributed by atoms with van der Waals surface area (Å²) in [5, 5.41) is 22.2. The van der Waals surface area contributed by atoms with E-state index in [1.165, 1.54) is 13.3 Å². The van der Waals surface area contributed by atoms with E-state index in [4.69, 9.17) is 31.5 Å². The predicted molar refractivity (Wildman–Crippen MR) is 142 cm³/mol. The molecule has 1 aromatic heterocycles. The van der Waals surface area contributed by atoms with Crippen LogP contribution in [-0.2, 0) is 25.7 Å². The molecule has 1 fully saturated rings. The highest BCUT2D eigenvalue weighted by Crippen LogP contribution is 2.27. The highest BCUT2D eigenvalue weighted by atomic mass is 35.5. The van der Waals surface area contributed by atoms with Crippen molar-refractivity contribution >= 4 is 35.2 Å². The summed E-state index contributed by atoms with van der Waals surface area (Å²) in [7, 11) is 1.53. The van der Waals surface area contributed by atoms with Crippen molar-refractivity contribution in [3.05, 3.63) is 50.7 Å². The molecule has 1 saturated heterocycles. The number of hydrogen-bond acceptors (Lipinski definition) is 13. The molecule has 16 heteroatoms. The van der Waals surface area contributed by atoms with Crippen LogP contribution in [0.3, 0.4) is 0 Å². The molecule has 2 heterocycles. The minimum absolute atomic E-state index is 0.0329. The molecular weight excluding hydrogens is 552 g/mol. The molecule has 0 bridgehead atoms. The van der Waals surface area contributed by atoms with Gasteiger partial charge < -0.3 is 40.1 Å². The Morgan fingerprint density at radius 1 is 1.38 bits per heavy atom. The van der Waals surface area contributed by atoms with Crippen LogP contribution >= 0.6 is 11.6 Å². The Morgan fingerprint density at radius 2 is 2.17 bits per heavy atom. The number of aliphatic hydroxyl groups is 1. The molecule has 4 N–H and O–H groups in total. The number of anilines is 2. The van der Waals surface area contributed by atoms with Gasteiger partial charge in [-0.05, 0) is 30.5 Å². The van der Waals surface area contributed by atoms with Crippen molar-refractivity contribution in [3.63, 3.8) is 0 Å². The number of ether oxygens (including phenoxy) is 3. The summed E-state index contributed by atoms with van der Waals surface area (Å²) in [4.78, 5) is 49.1. The zero-order valence-corrected chi connectivity index (χ0v) is 22.5. The van der Waals surface area contributed by atoms with Crippen molar-refractivity contribution in [2.45, 2.75) is 38.0 Å². The second-order valence-electron chi connectivity index (χ2n) is 8.79. The van der Waals surface area contributed by atoms with E-state index in [-0.39, 0.29) is 43.7 Å². The second-order valence-corrected chi connectivity index (χ2v) is 9.20. The number of methoxy groups -OCH3 is 1. The first kappa shape index (κ1) is 30.6. The van der Waals surface area contributed by atoms with Gasteiger partial charge in [-0.2, -0.15) is 4.98 Å². The van der Waals surface area contributed by atoms with E-state index < -0.39 is 29.7 Å². The van der Waals surface area contributed by atoms with Crippen molar-refractivity contribution in [1.82, 2.24) is 9.97 Å². The fraction of sp³-hybridized carbons (Fsp3) is 0.500. The Balaban J connectivity index is 1.54. The van der Waals surface area contributed by atoms with Gasteiger partial charge in [0, 0.05) is 19.3 Å². The zero-order valence-electron chi connectivity index (χ0n) is 21.8. The van der Waals surface area contributed by atoms with E-state index in [0.717, 1.165) is 18.4 Å². The summed E-state index contributed by atoms with van der Waals surface area (Å²) in [5.41, 5.74) is 6.48. The first-order valence-electron chi connectivity index (χ1n) is 12.4. The number of rotatable bonds is 16. The highest BCUT2D eigenvalue weighted by molar-refractivity contribution is 6.32. The van der Waals surface area contributed by atoms with E-state index in [0.29, 0.717) is 29.8 Å². The van der Waals surface area contributed by atoms with Crippen molar-refractivity contribution in [2.75, 3.05) is 50.3 Å². The van der Waals surface area contributed by atoms with Gasteiger partial charge in [0.25, 0.3) is 11.0 Å². The molecule has 0 aliphatic carbocycles. The lowest BCUT2D eigenvalue weighted by molar-refractivity contribution is -0.759. The number of halogens is 1. The first-order valence-corrected chi connectivity index (χ1v) is 12.7. The van der Waals surface area contributed by atoms with E-state index in [1.807, 2.05) is 11.0 Å². The summed E-state index contributed by atoms with van der Waals surface area (Å²) in [6, 6.07) is 5.12. The Kier molecular flexibility index (Phi) is 11.5. The van der Waals surface area contributed by atoms with E-state index in [1.54, 1.807) is 12.1 Å². The number of benzene rings is 1. The number of esters is 1. The number of nitrogens with one attached hydrogen (secondary N) is 1. The fourth-order valence-electron chi connectivity index (χ4n) is 3.94. The Labute approximate surface area is 234 Å². The summed E-state index contributed by atoms with van der Waals surface area (Å²) in [6.45, 7) is 0.242. The molecule has 1 amide bonds. The lowest BCUT2D eigenvalue weighted by Crippen LogP contribution is -2.35. The molecule has 0 radical (unpaired) electrons. The SMILES string of the molecule is COc1ccc(CNc2nc(N3CCC[C@H]3COC(=O)CCOC[C@H](O)CO[N+](=O)[O-])ncc2C(N)=O)cc1Cl. The quantitative estimate of drug-likeness (QED) is 0.111. The standard InChI is InChI=1S/C24H31ClN6O9/c1-37-20-5-4-15(9-19(20)25)10-27-23-18(22(26)34)11-28-24(29-23)30-7-2-3-16(30)12-39-21(33)6-8-38-13-17(32)14-40-31(35)36/h4-5,9,11,16-17,32H,2-3,6-8,10,12-14H2,1H3,(H2,26,34)(H,27,28,29)/t16-,17-/m0/s1. The molecule has 40 heavy (non-hydrogen) atoms. The maximum atomic E-state index is 12.2. The van der Waals surface area contributed by atoms with E-state index in [9.17, 15) is 24.8 Å². The number of aliphatic hydroxyl groups excluding tert-OH is 1. The molecule has 3 rings (SSSR count). The first-order chi connectivity index (χ1) is 19.2. The molecule has 1 aliphatic rings. The van der Waals surface area contributed by atoms with Crippen LogP contribution in [0.2, 0.25) is 5.02 Å². The number of nitrogens with two attached hydrogens (primary N) is 1. The van der Waals surface area contributed by atoms with Gasteiger partial charge in [0.1, 0.15) is 30.9 Å². The molecule has 0 spiro atoms. The summed E-state index contributed by atoms with van der Waals surface area (Å²) >= 11 is 6.20. The number of nitrogens with zero attached hydrogens (tertiary/aromatic N) is 4. The van der Waals surface area contributed by atoms with Gasteiger partial charge in [0.05, 0.1) is 43.4 Å². The van der Waals surface area contributed by atoms with Crippen LogP contribution in [0.15, 0.2) is 24.4 Å². The number of aromatic nitrogens is 2. The van der Waals surface area contributed by atoms with Crippen LogP contribution in [0, 0.1) is 10.1 Å². The largest absolute Gasteiger partial charge is 0.495 e. The molecule has 0 unspecified atom stereocenters. The minimum Gasteiger partial charge on any atom is -0.495 e. The fourth-order valence-corrected chi connectivity index (χ4v) is 4.22. The Bertz CT molecular complexity index is 1190. The van der Waals surface area contributed by atoms with Gasteiger partial charge in [-0.15, -0.1) is 10.1 Å². The third-order valence-corrected chi connectivity index (χ3v) is 6.22. The van der Waals surface area contributed by atoms with Crippen LogP contribution < -0.4 is 20.7 Å². The maximum Gasteiger partial charge on any atom is 0.308 e. The third kappa shape index (κ3) is 9.07. The smallest absolute Gasteiger partial charge is 0.308 e. The molecular formula is C24H31ClN6O9. The predicted octanol–water partition coefficient (Wildman–Crippen LogP) is 1.34. The lowest BCUT2D eigenvalue weighted by atomic mass is 10.2. The Hall–Kier alpha value is -3.95. The summed E-state index contributed by atoms with van der Waals surface area (Å²) < 4.78 is 15.7. The van der Waals surface area contributed by atoms with E-state index in [2.05, 4.69) is 20.1 Å². The van der Waals surface area contributed by atoms with Crippen molar-refractivity contribution < 1.29 is 38.8 Å². The number of amides is 1. The highest BCUT2D eigenvalue weighted by Gasteiger charge is 2.29. The summed E-state index contributed by atoms with van der Waals surface area (Å²) in [5.74, 6) is -0.0368. The average Bonchev–Trinajstić information content (AvgIpc) is 3.40. The van der Waals surface area contributed by atoms with Crippen molar-refractivity contribution in [2.24, 2.45) is 5.73 Å². The van der Waals surface area contributed by atoms with Crippen LogP contribution in [0.1, 0.15) is 35.2 Å². The third-order valence-electron chi connectivity index (χ3n) is 5.92. The number of carbonyl (C=O) groups is 2. The lowest BCUT2D eigenvalue weighted by Gasteiger charge is -2.25. The van der Waals surface area contributed by atoms with Gasteiger partial charge in [-0.1, -0.05) is 17.7 Å². The summed E-state index contributed by atoms with van der Waals surface area (Å²) in [6.07, 6.45) is 1.66. The average molecular weight is 583 g/mol. The molecule has 0 saturated carbocycles. The number of primary amides is 1. The monoisotopic (exact) mass is 582 g/mol. The van der Waals surface area contributed by atoms with Crippen molar-refractivity contribution in [1.29, 1.82) is 0 Å². The topological polar surface area (TPSA) is 202 Å². The van der Waals surface area contributed by atoms with Gasteiger partial charge in [0.2, 0.25) is 5.95 Å². The zero-order chi connectivity index (χ0) is 29.1. The van der Waals surface area contributed by atoms with E-state index >= 15 is 0 Å². The van der Waals surface area contributed by atoms with Crippen LogP contribution in [0.4, 0.5) is 11.8 Å². The van der Waals surface area contributed by atoms with Crippen LogP contribution in [-0.4, -0.2) is 84.3 Å². The minimum atomic E-state index is -1.19. The molecule has 2 aromatic rings. The molecule has 1 aliphatic heterocycles. The Morgan fingerprint density at radius 3 is 2.88 bits per heavy atom. The van der Waals surface area contributed by atoms with Gasteiger partial charge in [-0.3, -0.25) is 9.59 Å². The van der Waals surface area contributed by atoms with Crippen LogP contribution in [0.25, 0.3) is 0 Å². The van der Waals surface area contributed by atoms with Gasteiger partial charge in [-0.25, -0.2) is 4.98 Å². The van der Waals surface area contributed by atoms with Crippen LogP contribution in [0.5, 0.6) is 5.75 Å². The van der Waals surface area contributed by atoms with Gasteiger partial charge in [0.15, 0.2) is 0 Å². The molecule has 2 atom stereocenters. The van der Waals surface area contributed by atoms with Crippen molar-refractivity contribution in [3.8, 4) is 5.75 Å². The number of carbonyl (C=O) groups excluding carboxylic acids is 2. The second kappa shape index (κ2) is 15.0. The molecule has 1 aromatic carbocycles. The normalized spacial score (nSPS) is 15.4. The molecule has 15 nitrogen and oxygen atoms in total.